The summed E-state index contributed by atoms with van der Waals surface area (Å²) in [5, 5.41) is 11.1. The first-order chi connectivity index (χ1) is 17.9. The van der Waals surface area contributed by atoms with Crippen LogP contribution in [0.15, 0.2) is 92.2 Å². The zero-order valence-corrected chi connectivity index (χ0v) is 21.2. The average Bonchev–Trinajstić information content (AvgIpc) is 3.50. The van der Waals surface area contributed by atoms with Crippen molar-refractivity contribution < 1.29 is 0 Å². The van der Waals surface area contributed by atoms with Crippen molar-refractivity contribution in [2.75, 3.05) is 5.32 Å². The maximum absolute atomic E-state index is 4.97. The van der Waals surface area contributed by atoms with Gasteiger partial charge in [0.05, 0.1) is 28.8 Å². The smallest absolute Gasteiger partial charge is 0.135 e. The molecule has 5 aromatic rings. The van der Waals surface area contributed by atoms with Gasteiger partial charge in [-0.2, -0.15) is 5.10 Å². The Morgan fingerprint density at radius 2 is 1.95 bits per heavy atom. The molecule has 5 rings (SSSR count). The van der Waals surface area contributed by atoms with Gasteiger partial charge in [0, 0.05) is 46.7 Å². The van der Waals surface area contributed by atoms with Crippen LogP contribution in [-0.4, -0.2) is 30.1 Å². The molecule has 0 radical (unpaired) electrons. The number of aromatic nitrogens is 6. The molecule has 5 heterocycles. The minimum Gasteiger partial charge on any atom is -0.358 e. The maximum Gasteiger partial charge on any atom is 0.135 e. The van der Waals surface area contributed by atoms with E-state index in [9.17, 15) is 0 Å². The van der Waals surface area contributed by atoms with Gasteiger partial charge in [0.25, 0.3) is 0 Å². The van der Waals surface area contributed by atoms with Crippen LogP contribution in [0.1, 0.15) is 30.7 Å². The lowest BCUT2D eigenvalue weighted by Gasteiger charge is -2.13. The Morgan fingerprint density at radius 1 is 1.08 bits per heavy atom. The van der Waals surface area contributed by atoms with Crippen LogP contribution in [0.5, 0.6) is 0 Å². The molecule has 0 fully saturated rings. The van der Waals surface area contributed by atoms with Crippen LogP contribution in [0, 0.1) is 12.8 Å². The second kappa shape index (κ2) is 10.1. The summed E-state index contributed by atoms with van der Waals surface area (Å²) in [7, 11) is 0. The van der Waals surface area contributed by atoms with E-state index < -0.39 is 0 Å². The quantitative estimate of drug-likeness (QED) is 0.207. The van der Waals surface area contributed by atoms with Crippen molar-refractivity contribution in [3.63, 3.8) is 0 Å². The number of hydrogen-bond donors (Lipinski definition) is 3. The Morgan fingerprint density at radius 3 is 2.70 bits per heavy atom. The Bertz CT molecular complexity index is 1620. The summed E-state index contributed by atoms with van der Waals surface area (Å²) in [5.74, 6) is 0.320. The zero-order valence-electron chi connectivity index (χ0n) is 21.2. The Kier molecular flexibility index (Phi) is 6.51. The molecular weight excluding hydrogens is 458 g/mol. The lowest BCUT2D eigenvalue weighted by atomic mass is 9.99. The molecule has 0 saturated heterocycles. The fraction of sp³-hybridized carbons (Fsp3) is 0.133. The van der Waals surface area contributed by atoms with Crippen molar-refractivity contribution in [2.45, 2.75) is 20.8 Å². The fourth-order valence-corrected chi connectivity index (χ4v) is 4.17. The van der Waals surface area contributed by atoms with E-state index in [4.69, 9.17) is 4.98 Å². The minimum atomic E-state index is 0.320. The molecule has 0 aliphatic rings. The highest BCUT2D eigenvalue weighted by Gasteiger charge is 2.17. The third kappa shape index (κ3) is 4.84. The topological polar surface area (TPSA) is 95.2 Å². The summed E-state index contributed by atoms with van der Waals surface area (Å²) >= 11 is 0. The van der Waals surface area contributed by atoms with Crippen molar-refractivity contribution in [2.24, 2.45) is 5.92 Å². The number of fused-ring (bicyclic) bond motifs is 1. The molecule has 0 aromatic carbocycles. The number of anilines is 1. The summed E-state index contributed by atoms with van der Waals surface area (Å²) in [6.45, 7) is 14.3. The number of aromatic amines is 2. The van der Waals surface area contributed by atoms with Crippen molar-refractivity contribution in [1.82, 2.24) is 30.1 Å². The second-order valence-corrected chi connectivity index (χ2v) is 9.21. The molecule has 184 valence electrons. The first-order valence-electron chi connectivity index (χ1n) is 12.1. The lowest BCUT2D eigenvalue weighted by molar-refractivity contribution is 0.778. The Balaban J connectivity index is 1.54. The molecule has 0 aliphatic carbocycles. The highest BCUT2D eigenvalue weighted by molar-refractivity contribution is 5.92. The maximum atomic E-state index is 4.97. The van der Waals surface area contributed by atoms with Gasteiger partial charge < -0.3 is 10.3 Å². The summed E-state index contributed by atoms with van der Waals surface area (Å²) in [4.78, 5) is 17.2. The molecule has 5 aromatic heterocycles. The van der Waals surface area contributed by atoms with Gasteiger partial charge >= 0.3 is 0 Å². The van der Waals surface area contributed by atoms with E-state index >= 15 is 0 Å². The van der Waals surface area contributed by atoms with Crippen molar-refractivity contribution in [3.8, 4) is 22.6 Å². The fourth-order valence-electron chi connectivity index (χ4n) is 4.17. The number of allylic oxidation sites excluding steroid dienone is 3. The highest BCUT2D eigenvalue weighted by Crippen LogP contribution is 2.33. The Labute approximate surface area is 216 Å². The Hall–Kier alpha value is -4.78. The number of nitrogens with zero attached hydrogens (tertiary/aromatic N) is 4. The molecule has 0 unspecified atom stereocenters. The molecule has 7 nitrogen and oxygen atoms in total. The number of aryl methyl sites for hydroxylation is 1. The molecule has 7 heteroatoms. The molecule has 0 bridgehead atoms. The van der Waals surface area contributed by atoms with Crippen LogP contribution >= 0.6 is 0 Å². The minimum absolute atomic E-state index is 0.320. The highest BCUT2D eigenvalue weighted by atomic mass is 15.1. The standard InChI is InChI=1S/C30H29N7/c1-6-8-24(21-9-7-12-31-15-21)25-14-28(34-20(25)5)30-29-27(36-37-30)11-10-26(35-29)22-13-23(17-32-16-22)33-19(4)18(2)3/h6-18,33-34H,1,4H2,2-3,5H3,(H,36,37)/b24-8-. The molecule has 3 N–H and O–H groups in total. The summed E-state index contributed by atoms with van der Waals surface area (Å²) in [5.41, 5.74) is 11.0. The summed E-state index contributed by atoms with van der Waals surface area (Å²) < 4.78 is 0. The van der Waals surface area contributed by atoms with Gasteiger partial charge in [0.1, 0.15) is 11.2 Å². The van der Waals surface area contributed by atoms with Crippen molar-refractivity contribution in [1.29, 1.82) is 0 Å². The van der Waals surface area contributed by atoms with E-state index in [0.29, 0.717) is 5.92 Å². The van der Waals surface area contributed by atoms with Crippen molar-refractivity contribution in [3.05, 3.63) is 109 Å². The molecule has 0 spiro atoms. The molecule has 0 aliphatic heterocycles. The van der Waals surface area contributed by atoms with E-state index in [2.05, 4.69) is 70.5 Å². The second-order valence-electron chi connectivity index (χ2n) is 9.21. The average molecular weight is 488 g/mol. The lowest BCUT2D eigenvalue weighted by Crippen LogP contribution is -2.04. The molecular formula is C30H29N7. The van der Waals surface area contributed by atoms with Gasteiger partial charge in [-0.05, 0) is 48.7 Å². The molecule has 0 atom stereocenters. The van der Waals surface area contributed by atoms with Crippen molar-refractivity contribution >= 4 is 22.3 Å². The first-order valence-corrected chi connectivity index (χ1v) is 12.1. The van der Waals surface area contributed by atoms with Gasteiger partial charge in [-0.1, -0.05) is 45.2 Å². The SMILES string of the molecule is C=C/C=C(/c1cccnc1)c1cc(-c2n[nH]c3ccc(-c4cncc(NC(=C)C(C)C)c4)nc23)[nH]c1C. The largest absolute Gasteiger partial charge is 0.358 e. The number of hydrogen-bond acceptors (Lipinski definition) is 5. The number of H-pyrrole nitrogens is 2. The van der Waals surface area contributed by atoms with Crippen LogP contribution in [0.3, 0.4) is 0 Å². The van der Waals surface area contributed by atoms with E-state index in [1.807, 2.05) is 48.8 Å². The van der Waals surface area contributed by atoms with Gasteiger partial charge in [0.15, 0.2) is 0 Å². The zero-order chi connectivity index (χ0) is 25.9. The predicted molar refractivity (Wildman–Crippen MR) is 151 cm³/mol. The monoisotopic (exact) mass is 487 g/mol. The summed E-state index contributed by atoms with van der Waals surface area (Å²) in [6.07, 6.45) is 11.0. The number of nitrogens with one attached hydrogen (secondary N) is 3. The normalized spacial score (nSPS) is 11.7. The van der Waals surface area contributed by atoms with E-state index in [1.165, 1.54) is 0 Å². The van der Waals surface area contributed by atoms with Crippen LogP contribution in [-0.2, 0) is 0 Å². The molecule has 0 saturated carbocycles. The van der Waals surface area contributed by atoms with Crippen LogP contribution < -0.4 is 5.32 Å². The molecule has 37 heavy (non-hydrogen) atoms. The third-order valence-electron chi connectivity index (χ3n) is 6.26. The summed E-state index contributed by atoms with van der Waals surface area (Å²) in [6, 6.07) is 12.1. The van der Waals surface area contributed by atoms with Crippen LogP contribution in [0.25, 0.3) is 39.3 Å². The van der Waals surface area contributed by atoms with E-state index in [1.54, 1.807) is 18.5 Å². The van der Waals surface area contributed by atoms with Gasteiger partial charge in [-0.25, -0.2) is 4.98 Å². The number of rotatable bonds is 8. The van der Waals surface area contributed by atoms with Gasteiger partial charge in [0.2, 0.25) is 0 Å². The van der Waals surface area contributed by atoms with Crippen LogP contribution in [0.4, 0.5) is 5.69 Å². The van der Waals surface area contributed by atoms with Gasteiger partial charge in [-0.15, -0.1) is 0 Å². The van der Waals surface area contributed by atoms with E-state index in [-0.39, 0.29) is 0 Å². The first kappa shape index (κ1) is 23.9. The molecule has 0 amide bonds. The van der Waals surface area contributed by atoms with Gasteiger partial charge in [-0.3, -0.25) is 15.1 Å². The third-order valence-corrected chi connectivity index (χ3v) is 6.26. The number of pyridine rings is 3. The van der Waals surface area contributed by atoms with E-state index in [0.717, 1.165) is 67.5 Å². The van der Waals surface area contributed by atoms with Crippen LogP contribution in [0.2, 0.25) is 0 Å². The predicted octanol–water partition coefficient (Wildman–Crippen LogP) is 6.92.